The fraction of sp³-hybridized carbons (Fsp3) is 0.455. The van der Waals surface area contributed by atoms with Gasteiger partial charge in [0.1, 0.15) is 0 Å². The van der Waals surface area contributed by atoms with Crippen molar-refractivity contribution in [2.24, 2.45) is 0 Å². The summed E-state index contributed by atoms with van der Waals surface area (Å²) in [5, 5.41) is 5.56. The normalized spacial score (nSPS) is 25.5. The Bertz CT molecular complexity index is 356. The van der Waals surface area contributed by atoms with Crippen LogP contribution in [0.15, 0.2) is 18.2 Å². The Morgan fingerprint density at radius 1 is 1.40 bits per heavy atom. The minimum absolute atomic E-state index is 0.506. The van der Waals surface area contributed by atoms with E-state index in [2.05, 4.69) is 12.2 Å². The number of benzene rings is 1. The van der Waals surface area contributed by atoms with Gasteiger partial charge in [-0.2, -0.15) is 11.8 Å². The van der Waals surface area contributed by atoms with Crippen LogP contribution in [0, 0.1) is 0 Å². The molecular weight excluding hydrogens is 249 g/mol. The van der Waals surface area contributed by atoms with E-state index in [1.54, 1.807) is 0 Å². The van der Waals surface area contributed by atoms with Crippen LogP contribution in [0.1, 0.15) is 13.3 Å². The summed E-state index contributed by atoms with van der Waals surface area (Å²) in [6.45, 7) is 2.24. The molecule has 0 spiro atoms. The molecule has 4 heteroatoms. The second-order valence-corrected chi connectivity index (χ2v) is 6.07. The van der Waals surface area contributed by atoms with Gasteiger partial charge in [-0.1, -0.05) is 30.1 Å². The van der Waals surface area contributed by atoms with Crippen LogP contribution < -0.4 is 5.32 Å². The third-order valence-corrected chi connectivity index (χ3v) is 4.54. The Kier molecular flexibility index (Phi) is 3.70. The zero-order chi connectivity index (χ0) is 10.8. The summed E-state index contributed by atoms with van der Waals surface area (Å²) >= 11 is 14.0. The number of nitrogens with one attached hydrogen (secondary N) is 1. The van der Waals surface area contributed by atoms with Crippen LogP contribution in [0.25, 0.3) is 0 Å². The summed E-state index contributed by atoms with van der Waals surface area (Å²) in [7, 11) is 0. The lowest BCUT2D eigenvalue weighted by molar-refractivity contribution is 0.724. The third-order valence-electron chi connectivity index (χ3n) is 2.65. The van der Waals surface area contributed by atoms with Gasteiger partial charge in [0.25, 0.3) is 0 Å². The van der Waals surface area contributed by atoms with Crippen molar-refractivity contribution in [3.63, 3.8) is 0 Å². The molecule has 0 radical (unpaired) electrons. The highest BCUT2D eigenvalue weighted by Crippen LogP contribution is 2.32. The smallest absolute Gasteiger partial charge is 0.0638 e. The minimum Gasteiger partial charge on any atom is -0.380 e. The average Bonchev–Trinajstić information content (AvgIpc) is 2.58. The molecule has 0 bridgehead atoms. The van der Waals surface area contributed by atoms with Crippen molar-refractivity contribution in [1.82, 2.24) is 0 Å². The van der Waals surface area contributed by atoms with Crippen molar-refractivity contribution in [1.29, 1.82) is 0 Å². The van der Waals surface area contributed by atoms with Gasteiger partial charge in [0.15, 0.2) is 0 Å². The van der Waals surface area contributed by atoms with E-state index in [4.69, 9.17) is 23.2 Å². The van der Waals surface area contributed by atoms with Crippen LogP contribution in [-0.4, -0.2) is 17.0 Å². The summed E-state index contributed by atoms with van der Waals surface area (Å²) < 4.78 is 0. The first-order chi connectivity index (χ1) is 7.16. The number of hydrogen-bond acceptors (Lipinski definition) is 2. The van der Waals surface area contributed by atoms with Crippen LogP contribution in [-0.2, 0) is 0 Å². The highest BCUT2D eigenvalue weighted by Gasteiger charge is 2.24. The first kappa shape index (κ1) is 11.4. The molecular formula is C11H13Cl2NS. The van der Waals surface area contributed by atoms with E-state index < -0.39 is 0 Å². The zero-order valence-electron chi connectivity index (χ0n) is 8.47. The summed E-state index contributed by atoms with van der Waals surface area (Å²) in [5.74, 6) is 1.22. The zero-order valence-corrected chi connectivity index (χ0v) is 10.8. The molecule has 1 saturated heterocycles. The van der Waals surface area contributed by atoms with E-state index in [1.807, 2.05) is 30.0 Å². The molecule has 15 heavy (non-hydrogen) atoms. The molecule has 1 aromatic carbocycles. The summed E-state index contributed by atoms with van der Waals surface area (Å²) in [4.78, 5) is 0. The molecule has 1 nitrogen and oxygen atoms in total. The Morgan fingerprint density at radius 2 is 2.20 bits per heavy atom. The lowest BCUT2D eigenvalue weighted by Crippen LogP contribution is -2.24. The van der Waals surface area contributed by atoms with Crippen molar-refractivity contribution in [3.05, 3.63) is 28.2 Å². The van der Waals surface area contributed by atoms with E-state index in [1.165, 1.54) is 12.2 Å². The van der Waals surface area contributed by atoms with Gasteiger partial charge in [-0.25, -0.2) is 0 Å². The molecule has 1 heterocycles. The summed E-state index contributed by atoms with van der Waals surface area (Å²) in [5.41, 5.74) is 0.948. The predicted molar refractivity (Wildman–Crippen MR) is 70.4 cm³/mol. The number of rotatable bonds is 2. The first-order valence-corrected chi connectivity index (χ1v) is 6.80. The molecule has 2 atom stereocenters. The quantitative estimate of drug-likeness (QED) is 0.852. The third kappa shape index (κ3) is 2.74. The molecule has 0 saturated carbocycles. The van der Waals surface area contributed by atoms with Crippen molar-refractivity contribution >= 4 is 40.7 Å². The predicted octanol–water partition coefficient (Wildman–Crippen LogP) is 4.30. The van der Waals surface area contributed by atoms with Gasteiger partial charge in [0.05, 0.1) is 10.7 Å². The maximum absolute atomic E-state index is 6.09. The number of anilines is 1. The van der Waals surface area contributed by atoms with Crippen molar-refractivity contribution in [3.8, 4) is 0 Å². The fourth-order valence-electron chi connectivity index (χ4n) is 1.73. The molecule has 1 aliphatic rings. The largest absolute Gasteiger partial charge is 0.380 e. The number of hydrogen-bond donors (Lipinski definition) is 1. The van der Waals surface area contributed by atoms with Gasteiger partial charge in [-0.15, -0.1) is 0 Å². The van der Waals surface area contributed by atoms with Crippen molar-refractivity contribution in [2.75, 3.05) is 11.1 Å². The van der Waals surface area contributed by atoms with Gasteiger partial charge in [0, 0.05) is 16.3 Å². The Morgan fingerprint density at radius 3 is 2.87 bits per heavy atom. The fourth-order valence-corrected chi connectivity index (χ4v) is 3.27. The van der Waals surface area contributed by atoms with Crippen LogP contribution in [0.5, 0.6) is 0 Å². The maximum Gasteiger partial charge on any atom is 0.0638 e. The van der Waals surface area contributed by atoms with E-state index in [-0.39, 0.29) is 0 Å². The molecule has 0 amide bonds. The SMILES string of the molecule is CC1SCCC1Nc1cc(Cl)ccc1Cl. The molecule has 1 aliphatic heterocycles. The highest BCUT2D eigenvalue weighted by molar-refractivity contribution is 8.00. The topological polar surface area (TPSA) is 12.0 Å². The second-order valence-electron chi connectivity index (χ2n) is 3.74. The Labute approximate surface area is 105 Å². The molecule has 0 aliphatic carbocycles. The molecule has 1 aromatic rings. The summed E-state index contributed by atoms with van der Waals surface area (Å²) in [6, 6.07) is 6.03. The Hall–Kier alpha value is -0.0500. The monoisotopic (exact) mass is 261 g/mol. The number of thioether (sulfide) groups is 1. The standard InChI is InChI=1S/C11H13Cl2NS/c1-7-10(4-5-15-7)14-11-6-8(12)2-3-9(11)13/h2-3,6-7,10,14H,4-5H2,1H3. The lowest BCUT2D eigenvalue weighted by Gasteiger charge is -2.18. The van der Waals surface area contributed by atoms with Crippen LogP contribution in [0.3, 0.4) is 0 Å². The lowest BCUT2D eigenvalue weighted by atomic mass is 10.1. The average molecular weight is 262 g/mol. The van der Waals surface area contributed by atoms with Gasteiger partial charge in [0.2, 0.25) is 0 Å². The number of halogens is 2. The van der Waals surface area contributed by atoms with E-state index >= 15 is 0 Å². The van der Waals surface area contributed by atoms with Crippen LogP contribution in [0.4, 0.5) is 5.69 Å². The molecule has 1 fully saturated rings. The molecule has 0 aromatic heterocycles. The van der Waals surface area contributed by atoms with Gasteiger partial charge in [-0.05, 0) is 30.4 Å². The second kappa shape index (κ2) is 4.86. The molecule has 82 valence electrons. The highest BCUT2D eigenvalue weighted by atomic mass is 35.5. The van der Waals surface area contributed by atoms with Crippen molar-refractivity contribution < 1.29 is 0 Å². The van der Waals surface area contributed by atoms with Gasteiger partial charge in [-0.3, -0.25) is 0 Å². The van der Waals surface area contributed by atoms with Gasteiger partial charge < -0.3 is 5.32 Å². The minimum atomic E-state index is 0.506. The summed E-state index contributed by atoms with van der Waals surface area (Å²) in [6.07, 6.45) is 1.19. The molecule has 2 unspecified atom stereocenters. The van der Waals surface area contributed by atoms with E-state index in [0.717, 1.165) is 15.7 Å². The van der Waals surface area contributed by atoms with Crippen LogP contribution >= 0.6 is 35.0 Å². The Balaban J connectivity index is 2.12. The maximum atomic E-state index is 6.09. The first-order valence-electron chi connectivity index (χ1n) is 5.00. The van der Waals surface area contributed by atoms with Crippen molar-refractivity contribution in [2.45, 2.75) is 24.6 Å². The van der Waals surface area contributed by atoms with Crippen LogP contribution in [0.2, 0.25) is 10.0 Å². The molecule has 2 rings (SSSR count). The molecule has 1 N–H and O–H groups in total. The van der Waals surface area contributed by atoms with E-state index in [9.17, 15) is 0 Å². The van der Waals surface area contributed by atoms with Gasteiger partial charge >= 0.3 is 0 Å². The van der Waals surface area contributed by atoms with E-state index in [0.29, 0.717) is 11.3 Å².